The highest BCUT2D eigenvalue weighted by Gasteiger charge is 2.22. The van der Waals surface area contributed by atoms with Crippen LogP contribution in [0.2, 0.25) is 5.02 Å². The minimum atomic E-state index is -3.94. The van der Waals surface area contributed by atoms with E-state index < -0.39 is 10.0 Å². The molecule has 0 aliphatic carbocycles. The van der Waals surface area contributed by atoms with Crippen molar-refractivity contribution in [2.75, 3.05) is 11.8 Å². The quantitative estimate of drug-likeness (QED) is 0.349. The van der Waals surface area contributed by atoms with Crippen molar-refractivity contribution in [3.8, 4) is 0 Å². The number of amides is 1. The molecular weight excluding hydrogens is 580 g/mol. The third-order valence-corrected chi connectivity index (χ3v) is 7.78. The van der Waals surface area contributed by atoms with Gasteiger partial charge in [-0.15, -0.1) is 0 Å². The number of hydrogen-bond donors (Lipinski definition) is 1. The van der Waals surface area contributed by atoms with Crippen molar-refractivity contribution in [2.45, 2.75) is 25.3 Å². The van der Waals surface area contributed by atoms with Gasteiger partial charge in [0.05, 0.1) is 21.2 Å². The van der Waals surface area contributed by atoms with Crippen LogP contribution in [0, 0.1) is 13.8 Å². The number of rotatable bonds is 6. The van der Waals surface area contributed by atoms with Crippen LogP contribution in [0.1, 0.15) is 27.0 Å². The lowest BCUT2D eigenvalue weighted by Crippen LogP contribution is -2.27. The third kappa shape index (κ3) is 5.73. The smallest absolute Gasteiger partial charge is 0.261 e. The molecule has 1 N–H and O–H groups in total. The second-order valence-electron chi connectivity index (χ2n) is 7.46. The highest BCUT2D eigenvalue weighted by atomic mass is 79.9. The summed E-state index contributed by atoms with van der Waals surface area (Å²) in [5, 5.41) is 0.185. The van der Waals surface area contributed by atoms with Gasteiger partial charge in [-0.3, -0.25) is 9.52 Å². The first-order valence-corrected chi connectivity index (χ1v) is 13.0. The van der Waals surface area contributed by atoms with Crippen LogP contribution in [0.3, 0.4) is 0 Å². The number of carbonyl (C=O) groups excluding carboxylic acids is 1. The summed E-state index contributed by atoms with van der Waals surface area (Å²) in [6.07, 6.45) is 0. The molecule has 0 aromatic heterocycles. The Bertz CT molecular complexity index is 1300. The van der Waals surface area contributed by atoms with Crippen LogP contribution in [-0.4, -0.2) is 26.3 Å². The number of halogens is 3. The summed E-state index contributed by atoms with van der Waals surface area (Å²) in [5.74, 6) is -0.369. The standard InChI is InChI=1S/C23H21Br2ClN2O3S/c1-14-4-8-20(25)22(10-14)27-32(30,31)18-7-9-21(26)19(12-18)23(29)28(3)13-16-5-6-17(24)11-15(16)2/h4-12,27H,13H2,1-3H3. The van der Waals surface area contributed by atoms with E-state index in [1.165, 1.54) is 23.1 Å². The number of sulfonamides is 1. The number of benzene rings is 3. The van der Waals surface area contributed by atoms with Gasteiger partial charge in [0.25, 0.3) is 15.9 Å². The molecule has 32 heavy (non-hydrogen) atoms. The molecule has 0 atom stereocenters. The zero-order chi connectivity index (χ0) is 23.6. The Morgan fingerprint density at radius 3 is 2.44 bits per heavy atom. The minimum Gasteiger partial charge on any atom is -0.337 e. The molecule has 0 saturated heterocycles. The first-order chi connectivity index (χ1) is 15.0. The predicted molar refractivity (Wildman–Crippen MR) is 136 cm³/mol. The van der Waals surface area contributed by atoms with Crippen LogP contribution in [0.5, 0.6) is 0 Å². The van der Waals surface area contributed by atoms with Gasteiger partial charge in [-0.05, 0) is 88.9 Å². The van der Waals surface area contributed by atoms with Crippen molar-refractivity contribution in [1.29, 1.82) is 0 Å². The van der Waals surface area contributed by atoms with E-state index in [1.54, 1.807) is 19.2 Å². The Morgan fingerprint density at radius 2 is 1.75 bits per heavy atom. The second-order valence-corrected chi connectivity index (χ2v) is 11.3. The summed E-state index contributed by atoms with van der Waals surface area (Å²) >= 11 is 13.1. The Hall–Kier alpha value is -1.87. The lowest BCUT2D eigenvalue weighted by Gasteiger charge is -2.20. The fraction of sp³-hybridized carbons (Fsp3) is 0.174. The van der Waals surface area contributed by atoms with Gasteiger partial charge in [-0.1, -0.05) is 39.7 Å². The highest BCUT2D eigenvalue weighted by Crippen LogP contribution is 2.28. The molecular formula is C23H21Br2ClN2O3S. The maximum Gasteiger partial charge on any atom is 0.261 e. The van der Waals surface area contributed by atoms with E-state index >= 15 is 0 Å². The number of nitrogens with one attached hydrogen (secondary N) is 1. The molecule has 0 heterocycles. The molecule has 0 aliphatic heterocycles. The third-order valence-electron chi connectivity index (χ3n) is 4.90. The van der Waals surface area contributed by atoms with Gasteiger partial charge in [0.15, 0.2) is 0 Å². The second kappa shape index (κ2) is 9.95. The Balaban J connectivity index is 1.88. The zero-order valence-electron chi connectivity index (χ0n) is 17.6. The maximum absolute atomic E-state index is 13.1. The van der Waals surface area contributed by atoms with Crippen molar-refractivity contribution in [2.24, 2.45) is 0 Å². The number of aryl methyl sites for hydroxylation is 2. The van der Waals surface area contributed by atoms with E-state index in [1.807, 2.05) is 38.1 Å². The summed E-state index contributed by atoms with van der Waals surface area (Å²) in [6, 6.07) is 15.3. The predicted octanol–water partition coefficient (Wildman–Crippen LogP) is 6.55. The van der Waals surface area contributed by atoms with Crippen molar-refractivity contribution >= 4 is 65.1 Å². The Labute approximate surface area is 210 Å². The van der Waals surface area contributed by atoms with Gasteiger partial charge in [0.1, 0.15) is 0 Å². The first kappa shape index (κ1) is 24.8. The Morgan fingerprint density at radius 1 is 1.03 bits per heavy atom. The fourth-order valence-electron chi connectivity index (χ4n) is 3.13. The molecule has 0 aliphatic rings. The van der Waals surface area contributed by atoms with E-state index in [-0.39, 0.29) is 21.4 Å². The number of anilines is 1. The van der Waals surface area contributed by atoms with Gasteiger partial charge >= 0.3 is 0 Å². The van der Waals surface area contributed by atoms with Gasteiger partial charge in [0.2, 0.25) is 0 Å². The van der Waals surface area contributed by atoms with Crippen molar-refractivity contribution in [3.63, 3.8) is 0 Å². The van der Waals surface area contributed by atoms with Gasteiger partial charge in [-0.25, -0.2) is 8.42 Å². The summed E-state index contributed by atoms with van der Waals surface area (Å²) in [5.41, 5.74) is 3.46. The van der Waals surface area contributed by atoms with Crippen molar-refractivity contribution < 1.29 is 13.2 Å². The topological polar surface area (TPSA) is 66.5 Å². The molecule has 5 nitrogen and oxygen atoms in total. The van der Waals surface area contributed by atoms with Gasteiger partial charge < -0.3 is 4.90 Å². The lowest BCUT2D eigenvalue weighted by molar-refractivity contribution is 0.0785. The molecule has 0 bridgehead atoms. The molecule has 168 valence electrons. The van der Waals surface area contributed by atoms with E-state index in [2.05, 4.69) is 36.6 Å². The maximum atomic E-state index is 13.1. The van der Waals surface area contributed by atoms with Crippen molar-refractivity contribution in [3.05, 3.63) is 90.8 Å². The van der Waals surface area contributed by atoms with E-state index in [9.17, 15) is 13.2 Å². The van der Waals surface area contributed by atoms with Crippen LogP contribution in [-0.2, 0) is 16.6 Å². The fourth-order valence-corrected chi connectivity index (χ4v) is 5.37. The van der Waals surface area contributed by atoms with Crippen LogP contribution in [0.15, 0.2) is 68.4 Å². The van der Waals surface area contributed by atoms with Gasteiger partial charge in [0, 0.05) is 22.5 Å². The highest BCUT2D eigenvalue weighted by molar-refractivity contribution is 9.10. The molecule has 3 rings (SSSR count). The van der Waals surface area contributed by atoms with E-state index in [0.29, 0.717) is 16.7 Å². The van der Waals surface area contributed by atoms with Crippen LogP contribution in [0.25, 0.3) is 0 Å². The van der Waals surface area contributed by atoms with E-state index in [4.69, 9.17) is 11.6 Å². The normalized spacial score (nSPS) is 11.3. The number of carbonyl (C=O) groups is 1. The Kier molecular flexibility index (Phi) is 7.70. The number of hydrogen-bond acceptors (Lipinski definition) is 3. The monoisotopic (exact) mass is 598 g/mol. The zero-order valence-corrected chi connectivity index (χ0v) is 22.4. The van der Waals surface area contributed by atoms with Crippen LogP contribution >= 0.6 is 43.5 Å². The van der Waals surface area contributed by atoms with Crippen LogP contribution in [0.4, 0.5) is 5.69 Å². The molecule has 3 aromatic carbocycles. The molecule has 0 saturated carbocycles. The lowest BCUT2D eigenvalue weighted by atomic mass is 10.1. The molecule has 3 aromatic rings. The molecule has 1 amide bonds. The summed E-state index contributed by atoms with van der Waals surface area (Å²) in [6.45, 7) is 4.19. The summed E-state index contributed by atoms with van der Waals surface area (Å²) in [7, 11) is -2.28. The molecule has 0 unspecified atom stereocenters. The molecule has 9 heteroatoms. The van der Waals surface area contributed by atoms with Gasteiger partial charge in [-0.2, -0.15) is 0 Å². The summed E-state index contributed by atoms with van der Waals surface area (Å²) in [4.78, 5) is 14.6. The molecule has 0 fully saturated rings. The van der Waals surface area contributed by atoms with E-state index in [0.717, 1.165) is 21.2 Å². The molecule has 0 radical (unpaired) electrons. The number of nitrogens with zero attached hydrogens (tertiary/aromatic N) is 1. The average Bonchev–Trinajstić information content (AvgIpc) is 2.72. The molecule has 0 spiro atoms. The first-order valence-electron chi connectivity index (χ1n) is 9.57. The SMILES string of the molecule is Cc1ccc(Br)c(NS(=O)(=O)c2ccc(Cl)c(C(=O)N(C)Cc3ccc(Br)cc3C)c2)c1. The van der Waals surface area contributed by atoms with Crippen LogP contribution < -0.4 is 4.72 Å². The average molecular weight is 601 g/mol. The minimum absolute atomic E-state index is 0.0492. The van der Waals surface area contributed by atoms with Crippen molar-refractivity contribution in [1.82, 2.24) is 4.90 Å². The largest absolute Gasteiger partial charge is 0.337 e. The summed E-state index contributed by atoms with van der Waals surface area (Å²) < 4.78 is 30.1.